The Labute approximate surface area is 116 Å². The van der Waals surface area contributed by atoms with Gasteiger partial charge in [-0.2, -0.15) is 0 Å². The van der Waals surface area contributed by atoms with Crippen LogP contribution in [0.3, 0.4) is 0 Å². The number of nitrogens with zero attached hydrogens (tertiary/aromatic N) is 2. The molecule has 2 aliphatic rings. The van der Waals surface area contributed by atoms with Gasteiger partial charge in [0.15, 0.2) is 5.17 Å². The third-order valence-electron chi connectivity index (χ3n) is 4.11. The summed E-state index contributed by atoms with van der Waals surface area (Å²) >= 11 is 1.90. The Bertz CT molecular complexity index is 283. The van der Waals surface area contributed by atoms with Gasteiger partial charge in [0.2, 0.25) is 0 Å². The quantitative estimate of drug-likeness (QED) is 0.853. The summed E-state index contributed by atoms with van der Waals surface area (Å²) in [5, 5.41) is 4.80. The van der Waals surface area contributed by atoms with Crippen molar-refractivity contribution >= 4 is 16.9 Å². The van der Waals surface area contributed by atoms with Gasteiger partial charge < -0.3 is 10.2 Å². The van der Waals surface area contributed by atoms with Gasteiger partial charge in [0.1, 0.15) is 0 Å². The van der Waals surface area contributed by atoms with Gasteiger partial charge in [0.25, 0.3) is 0 Å². The van der Waals surface area contributed by atoms with Crippen molar-refractivity contribution < 1.29 is 0 Å². The minimum absolute atomic E-state index is 0.627. The van der Waals surface area contributed by atoms with E-state index in [4.69, 9.17) is 4.99 Å². The highest BCUT2D eigenvalue weighted by molar-refractivity contribution is 8.13. The van der Waals surface area contributed by atoms with Crippen molar-refractivity contribution in [2.24, 2.45) is 16.8 Å². The molecule has 0 aliphatic carbocycles. The molecule has 0 spiro atoms. The van der Waals surface area contributed by atoms with Crippen LogP contribution in [0, 0.1) is 11.8 Å². The molecule has 2 fully saturated rings. The smallest absolute Gasteiger partial charge is 0.156 e. The molecule has 1 unspecified atom stereocenters. The van der Waals surface area contributed by atoms with Crippen molar-refractivity contribution in [3.8, 4) is 0 Å². The molecule has 2 heterocycles. The molecule has 0 aromatic rings. The van der Waals surface area contributed by atoms with Crippen LogP contribution in [0.25, 0.3) is 0 Å². The van der Waals surface area contributed by atoms with Gasteiger partial charge in [-0.05, 0) is 51.2 Å². The van der Waals surface area contributed by atoms with E-state index in [0.717, 1.165) is 12.5 Å². The highest BCUT2D eigenvalue weighted by atomic mass is 32.2. The molecule has 4 heteroatoms. The molecule has 18 heavy (non-hydrogen) atoms. The van der Waals surface area contributed by atoms with Crippen molar-refractivity contribution in [1.82, 2.24) is 10.2 Å². The summed E-state index contributed by atoms with van der Waals surface area (Å²) in [4.78, 5) is 7.24. The van der Waals surface area contributed by atoms with Crippen LogP contribution in [-0.4, -0.2) is 48.5 Å². The molecule has 0 aromatic carbocycles. The number of rotatable bonds is 3. The summed E-state index contributed by atoms with van der Waals surface area (Å²) in [5.74, 6) is 2.73. The molecule has 0 bridgehead atoms. The van der Waals surface area contributed by atoms with Crippen molar-refractivity contribution in [1.29, 1.82) is 0 Å². The SMILES string of the molecule is CC(C)C1CCSC(=NCC2CCN(C)CC2)N1. The molecular formula is C14H27N3S. The van der Waals surface area contributed by atoms with Crippen LogP contribution in [-0.2, 0) is 0 Å². The average Bonchev–Trinajstić information content (AvgIpc) is 2.38. The lowest BCUT2D eigenvalue weighted by Gasteiger charge is -2.30. The Balaban J connectivity index is 1.78. The van der Waals surface area contributed by atoms with Gasteiger partial charge in [-0.25, -0.2) is 0 Å². The van der Waals surface area contributed by atoms with Gasteiger partial charge in [-0.15, -0.1) is 0 Å². The molecule has 0 radical (unpaired) electrons. The lowest BCUT2D eigenvalue weighted by atomic mass is 9.97. The Morgan fingerprint density at radius 3 is 2.72 bits per heavy atom. The predicted molar refractivity (Wildman–Crippen MR) is 81.4 cm³/mol. The van der Waals surface area contributed by atoms with Crippen LogP contribution < -0.4 is 5.32 Å². The van der Waals surface area contributed by atoms with Crippen molar-refractivity contribution in [2.75, 3.05) is 32.4 Å². The normalized spacial score (nSPS) is 29.8. The minimum atomic E-state index is 0.627. The number of piperidine rings is 1. The summed E-state index contributed by atoms with van der Waals surface area (Å²) in [6.07, 6.45) is 3.90. The first-order valence-electron chi connectivity index (χ1n) is 7.27. The van der Waals surface area contributed by atoms with Crippen LogP contribution in [0.4, 0.5) is 0 Å². The number of likely N-dealkylation sites (tertiary alicyclic amines) is 1. The van der Waals surface area contributed by atoms with E-state index in [2.05, 4.69) is 31.1 Å². The Kier molecular flexibility index (Phi) is 5.37. The Morgan fingerprint density at radius 2 is 2.06 bits per heavy atom. The fourth-order valence-electron chi connectivity index (χ4n) is 2.60. The molecule has 3 nitrogen and oxygen atoms in total. The standard InChI is InChI=1S/C14H27N3S/c1-11(2)13-6-9-18-14(16-13)15-10-12-4-7-17(3)8-5-12/h11-13H,4-10H2,1-3H3,(H,15,16). The van der Waals surface area contributed by atoms with E-state index < -0.39 is 0 Å². The molecule has 1 N–H and O–H groups in total. The van der Waals surface area contributed by atoms with Crippen LogP contribution in [0.15, 0.2) is 4.99 Å². The molecule has 2 aliphatic heterocycles. The molecule has 0 amide bonds. The van der Waals surface area contributed by atoms with Crippen molar-refractivity contribution in [2.45, 2.75) is 39.2 Å². The van der Waals surface area contributed by atoms with Gasteiger partial charge in [-0.1, -0.05) is 25.6 Å². The first kappa shape index (κ1) is 14.2. The zero-order chi connectivity index (χ0) is 13.0. The summed E-state index contributed by atoms with van der Waals surface area (Å²) in [6.45, 7) is 8.09. The van der Waals surface area contributed by atoms with E-state index in [1.807, 2.05) is 11.8 Å². The zero-order valence-electron chi connectivity index (χ0n) is 12.0. The predicted octanol–water partition coefficient (Wildman–Crippen LogP) is 2.44. The third-order valence-corrected chi connectivity index (χ3v) is 5.07. The van der Waals surface area contributed by atoms with E-state index in [-0.39, 0.29) is 0 Å². The molecule has 0 saturated carbocycles. The number of nitrogens with one attached hydrogen (secondary N) is 1. The summed E-state index contributed by atoms with van der Waals surface area (Å²) in [6, 6.07) is 0.627. The first-order valence-corrected chi connectivity index (χ1v) is 8.26. The van der Waals surface area contributed by atoms with Gasteiger partial charge in [0.05, 0.1) is 0 Å². The van der Waals surface area contributed by atoms with Crippen LogP contribution in [0.5, 0.6) is 0 Å². The molecular weight excluding hydrogens is 242 g/mol. The Hall–Kier alpha value is -0.220. The second-order valence-electron chi connectivity index (χ2n) is 6.02. The molecule has 0 aromatic heterocycles. The van der Waals surface area contributed by atoms with Crippen LogP contribution >= 0.6 is 11.8 Å². The minimum Gasteiger partial charge on any atom is -0.362 e. The summed E-state index contributed by atoms with van der Waals surface area (Å²) < 4.78 is 0. The van der Waals surface area contributed by atoms with Crippen LogP contribution in [0.2, 0.25) is 0 Å². The number of thioether (sulfide) groups is 1. The van der Waals surface area contributed by atoms with Gasteiger partial charge in [0, 0.05) is 18.3 Å². The monoisotopic (exact) mass is 269 g/mol. The fourth-order valence-corrected chi connectivity index (χ4v) is 3.57. The lowest BCUT2D eigenvalue weighted by molar-refractivity contribution is 0.223. The van der Waals surface area contributed by atoms with Crippen LogP contribution in [0.1, 0.15) is 33.1 Å². The maximum absolute atomic E-state index is 4.81. The number of hydrogen-bond donors (Lipinski definition) is 1. The van der Waals surface area contributed by atoms with E-state index in [1.165, 1.54) is 43.3 Å². The number of amidine groups is 1. The maximum atomic E-state index is 4.81. The van der Waals surface area contributed by atoms with Gasteiger partial charge in [-0.3, -0.25) is 4.99 Å². The highest BCUT2D eigenvalue weighted by Crippen LogP contribution is 2.20. The fraction of sp³-hybridized carbons (Fsp3) is 0.929. The second-order valence-corrected chi connectivity index (χ2v) is 7.11. The summed E-state index contributed by atoms with van der Waals surface area (Å²) in [7, 11) is 2.22. The summed E-state index contributed by atoms with van der Waals surface area (Å²) in [5.41, 5.74) is 0. The van der Waals surface area contributed by atoms with E-state index in [1.54, 1.807) is 0 Å². The van der Waals surface area contributed by atoms with Crippen molar-refractivity contribution in [3.05, 3.63) is 0 Å². The number of aliphatic imine (C=N–C) groups is 1. The topological polar surface area (TPSA) is 27.6 Å². The van der Waals surface area contributed by atoms with E-state index in [9.17, 15) is 0 Å². The second kappa shape index (κ2) is 6.80. The van der Waals surface area contributed by atoms with Crippen molar-refractivity contribution in [3.63, 3.8) is 0 Å². The zero-order valence-corrected chi connectivity index (χ0v) is 12.8. The maximum Gasteiger partial charge on any atom is 0.156 e. The highest BCUT2D eigenvalue weighted by Gasteiger charge is 2.21. The largest absolute Gasteiger partial charge is 0.362 e. The van der Waals surface area contributed by atoms with E-state index in [0.29, 0.717) is 12.0 Å². The van der Waals surface area contributed by atoms with Gasteiger partial charge >= 0.3 is 0 Å². The average molecular weight is 269 g/mol. The molecule has 1 atom stereocenters. The molecule has 2 rings (SSSR count). The molecule has 104 valence electrons. The third kappa shape index (κ3) is 4.16. The molecule has 2 saturated heterocycles. The number of hydrogen-bond acceptors (Lipinski definition) is 3. The first-order chi connectivity index (χ1) is 8.65. The lowest BCUT2D eigenvalue weighted by Crippen LogP contribution is -2.41. The van der Waals surface area contributed by atoms with E-state index >= 15 is 0 Å². The Morgan fingerprint density at radius 1 is 1.33 bits per heavy atom.